The molecular formula is C14H18O2. The Balaban J connectivity index is 2.54. The second-order valence-corrected chi connectivity index (χ2v) is 4.31. The van der Waals surface area contributed by atoms with Crippen LogP contribution in [0.2, 0.25) is 0 Å². The number of hydrogen-bond donors (Lipinski definition) is 0. The van der Waals surface area contributed by atoms with Crippen molar-refractivity contribution >= 4 is 5.78 Å². The van der Waals surface area contributed by atoms with Gasteiger partial charge in [-0.1, -0.05) is 19.4 Å². The van der Waals surface area contributed by atoms with Gasteiger partial charge in [0.05, 0.1) is 7.11 Å². The lowest BCUT2D eigenvalue weighted by Crippen LogP contribution is -2.15. The van der Waals surface area contributed by atoms with Crippen molar-refractivity contribution in [3.05, 3.63) is 28.8 Å². The minimum Gasteiger partial charge on any atom is -0.496 e. The highest BCUT2D eigenvalue weighted by Gasteiger charge is 2.23. The number of ketones is 1. The number of fused-ring (bicyclic) bond motifs is 1. The molecule has 0 atom stereocenters. The van der Waals surface area contributed by atoms with E-state index in [2.05, 4.69) is 6.92 Å². The number of carbonyl (C=O) groups is 1. The molecule has 0 radical (unpaired) electrons. The van der Waals surface area contributed by atoms with Crippen LogP contribution in [0.4, 0.5) is 0 Å². The molecular weight excluding hydrogens is 200 g/mol. The molecule has 0 aromatic heterocycles. The van der Waals surface area contributed by atoms with Crippen LogP contribution >= 0.6 is 0 Å². The van der Waals surface area contributed by atoms with E-state index in [4.69, 9.17) is 4.74 Å². The SMILES string of the molecule is CCCc1ccc(OC)c2c1C(=O)CCC2. The maximum absolute atomic E-state index is 12.0. The van der Waals surface area contributed by atoms with Crippen LogP contribution < -0.4 is 4.74 Å². The second kappa shape index (κ2) is 4.69. The Morgan fingerprint density at radius 3 is 2.81 bits per heavy atom. The van der Waals surface area contributed by atoms with Gasteiger partial charge in [0.1, 0.15) is 5.75 Å². The monoisotopic (exact) mass is 218 g/mol. The summed E-state index contributed by atoms with van der Waals surface area (Å²) >= 11 is 0. The molecule has 0 bridgehead atoms. The molecule has 0 amide bonds. The van der Waals surface area contributed by atoms with Crippen LogP contribution in [0.15, 0.2) is 12.1 Å². The number of methoxy groups -OCH3 is 1. The average Bonchev–Trinajstić information content (AvgIpc) is 2.30. The van der Waals surface area contributed by atoms with Crippen LogP contribution in [-0.4, -0.2) is 12.9 Å². The molecule has 0 saturated carbocycles. The summed E-state index contributed by atoms with van der Waals surface area (Å²) in [7, 11) is 1.67. The maximum atomic E-state index is 12.0. The topological polar surface area (TPSA) is 26.3 Å². The van der Waals surface area contributed by atoms with Crippen molar-refractivity contribution in [3.63, 3.8) is 0 Å². The third-order valence-electron chi connectivity index (χ3n) is 3.20. The summed E-state index contributed by atoms with van der Waals surface area (Å²) in [4.78, 5) is 12.0. The first kappa shape index (κ1) is 11.2. The number of hydrogen-bond acceptors (Lipinski definition) is 2. The molecule has 1 aromatic rings. The first-order chi connectivity index (χ1) is 7.77. The van der Waals surface area contributed by atoms with Gasteiger partial charge in [0.25, 0.3) is 0 Å². The zero-order valence-corrected chi connectivity index (χ0v) is 10.0. The van der Waals surface area contributed by atoms with Gasteiger partial charge in [0, 0.05) is 17.5 Å². The molecule has 1 aliphatic rings. The fourth-order valence-corrected chi connectivity index (χ4v) is 2.49. The van der Waals surface area contributed by atoms with Crippen LogP contribution in [0.5, 0.6) is 5.75 Å². The van der Waals surface area contributed by atoms with Crippen molar-refractivity contribution in [2.45, 2.75) is 39.0 Å². The molecule has 0 unspecified atom stereocenters. The summed E-state index contributed by atoms with van der Waals surface area (Å²) in [6.45, 7) is 2.14. The molecule has 1 aliphatic carbocycles. The van der Waals surface area contributed by atoms with Crippen LogP contribution in [-0.2, 0) is 12.8 Å². The minimum absolute atomic E-state index is 0.295. The van der Waals surface area contributed by atoms with Gasteiger partial charge < -0.3 is 4.74 Å². The van der Waals surface area contributed by atoms with Crippen molar-refractivity contribution in [3.8, 4) is 5.75 Å². The Morgan fingerprint density at radius 2 is 2.12 bits per heavy atom. The molecule has 0 aliphatic heterocycles. The van der Waals surface area contributed by atoms with Crippen molar-refractivity contribution in [1.29, 1.82) is 0 Å². The van der Waals surface area contributed by atoms with Crippen molar-refractivity contribution < 1.29 is 9.53 Å². The lowest BCUT2D eigenvalue weighted by atomic mass is 9.85. The van der Waals surface area contributed by atoms with Crippen LogP contribution in [0.3, 0.4) is 0 Å². The van der Waals surface area contributed by atoms with E-state index in [0.717, 1.165) is 42.6 Å². The number of benzene rings is 1. The molecule has 0 N–H and O–H groups in total. The van der Waals surface area contributed by atoms with E-state index in [1.807, 2.05) is 12.1 Å². The van der Waals surface area contributed by atoms with E-state index < -0.39 is 0 Å². The van der Waals surface area contributed by atoms with Gasteiger partial charge in [-0.2, -0.15) is 0 Å². The summed E-state index contributed by atoms with van der Waals surface area (Å²) in [5.41, 5.74) is 3.28. The lowest BCUT2D eigenvalue weighted by Gasteiger charge is -2.20. The van der Waals surface area contributed by atoms with Crippen molar-refractivity contribution in [2.75, 3.05) is 7.11 Å². The Labute approximate surface area is 96.6 Å². The number of aryl methyl sites for hydroxylation is 1. The van der Waals surface area contributed by atoms with Gasteiger partial charge in [-0.05, 0) is 30.9 Å². The molecule has 2 nitrogen and oxygen atoms in total. The summed E-state index contributed by atoms with van der Waals surface area (Å²) in [6, 6.07) is 4.05. The van der Waals surface area contributed by atoms with Gasteiger partial charge in [0.2, 0.25) is 0 Å². The van der Waals surface area contributed by atoms with E-state index in [1.54, 1.807) is 7.11 Å². The van der Waals surface area contributed by atoms with E-state index in [0.29, 0.717) is 12.2 Å². The Morgan fingerprint density at radius 1 is 1.31 bits per heavy atom. The zero-order chi connectivity index (χ0) is 11.5. The highest BCUT2D eigenvalue weighted by molar-refractivity contribution is 6.00. The molecule has 0 saturated heterocycles. The maximum Gasteiger partial charge on any atom is 0.163 e. The van der Waals surface area contributed by atoms with Gasteiger partial charge in [-0.15, -0.1) is 0 Å². The standard InChI is InChI=1S/C14H18O2/c1-3-5-10-8-9-13(16-2)11-6-4-7-12(15)14(10)11/h8-9H,3-7H2,1-2H3. The molecule has 2 heteroatoms. The van der Waals surface area contributed by atoms with Crippen molar-refractivity contribution in [1.82, 2.24) is 0 Å². The Bertz CT molecular complexity index is 407. The Hall–Kier alpha value is -1.31. The average molecular weight is 218 g/mol. The molecule has 2 rings (SSSR count). The molecule has 0 heterocycles. The van der Waals surface area contributed by atoms with Gasteiger partial charge in [-0.3, -0.25) is 4.79 Å². The number of ether oxygens (including phenoxy) is 1. The quantitative estimate of drug-likeness (QED) is 0.779. The molecule has 0 spiro atoms. The zero-order valence-electron chi connectivity index (χ0n) is 10.0. The van der Waals surface area contributed by atoms with E-state index in [-0.39, 0.29) is 0 Å². The number of carbonyl (C=O) groups excluding carboxylic acids is 1. The third kappa shape index (κ3) is 1.84. The van der Waals surface area contributed by atoms with Crippen LogP contribution in [0, 0.1) is 0 Å². The predicted molar refractivity (Wildman–Crippen MR) is 64.3 cm³/mol. The first-order valence-corrected chi connectivity index (χ1v) is 5.99. The highest BCUT2D eigenvalue weighted by atomic mass is 16.5. The first-order valence-electron chi connectivity index (χ1n) is 5.99. The van der Waals surface area contributed by atoms with Gasteiger partial charge in [-0.25, -0.2) is 0 Å². The molecule has 1 aromatic carbocycles. The van der Waals surface area contributed by atoms with E-state index >= 15 is 0 Å². The molecule has 0 fully saturated rings. The van der Waals surface area contributed by atoms with Crippen LogP contribution in [0.1, 0.15) is 47.7 Å². The van der Waals surface area contributed by atoms with Gasteiger partial charge in [0.15, 0.2) is 5.78 Å². The molecule has 86 valence electrons. The van der Waals surface area contributed by atoms with Gasteiger partial charge >= 0.3 is 0 Å². The normalized spacial score (nSPS) is 14.8. The largest absolute Gasteiger partial charge is 0.496 e. The second-order valence-electron chi connectivity index (χ2n) is 4.31. The summed E-state index contributed by atoms with van der Waals surface area (Å²) in [6.07, 6.45) is 4.68. The fraction of sp³-hybridized carbons (Fsp3) is 0.500. The lowest BCUT2D eigenvalue weighted by molar-refractivity contribution is 0.0970. The Kier molecular flexibility index (Phi) is 3.28. The smallest absolute Gasteiger partial charge is 0.163 e. The fourth-order valence-electron chi connectivity index (χ4n) is 2.49. The summed E-state index contributed by atoms with van der Waals surface area (Å²) < 4.78 is 5.34. The molecule has 16 heavy (non-hydrogen) atoms. The third-order valence-corrected chi connectivity index (χ3v) is 3.20. The van der Waals surface area contributed by atoms with Crippen LogP contribution in [0.25, 0.3) is 0 Å². The minimum atomic E-state index is 0.295. The van der Waals surface area contributed by atoms with Crippen molar-refractivity contribution in [2.24, 2.45) is 0 Å². The number of rotatable bonds is 3. The predicted octanol–water partition coefficient (Wildman–Crippen LogP) is 3.17. The summed E-state index contributed by atoms with van der Waals surface area (Å²) in [5, 5.41) is 0. The number of Topliss-reactive ketones (excluding diaryl/α,β-unsaturated/α-hetero) is 1. The van der Waals surface area contributed by atoms with E-state index in [9.17, 15) is 4.79 Å². The van der Waals surface area contributed by atoms with E-state index in [1.165, 1.54) is 5.56 Å². The highest BCUT2D eigenvalue weighted by Crippen LogP contribution is 2.32. The summed E-state index contributed by atoms with van der Waals surface area (Å²) in [5.74, 6) is 1.17.